The van der Waals surface area contributed by atoms with Crippen LogP contribution < -0.4 is 16.2 Å². The molecule has 0 bridgehead atoms. The topological polar surface area (TPSA) is 54.2 Å². The molecule has 1 saturated carbocycles. The zero-order chi connectivity index (χ0) is 11.4. The summed E-state index contributed by atoms with van der Waals surface area (Å²) in [4.78, 5) is 6.59. The molecule has 1 aromatic heterocycles. The molecule has 0 aliphatic heterocycles. The van der Waals surface area contributed by atoms with Gasteiger partial charge in [-0.05, 0) is 25.8 Å². The van der Waals surface area contributed by atoms with E-state index in [1.807, 2.05) is 12.3 Å². The van der Waals surface area contributed by atoms with E-state index in [0.29, 0.717) is 6.04 Å². The summed E-state index contributed by atoms with van der Waals surface area (Å²) >= 11 is 0. The Kier molecular flexibility index (Phi) is 3.62. The van der Waals surface area contributed by atoms with Gasteiger partial charge in [0, 0.05) is 30.5 Å². The highest BCUT2D eigenvalue weighted by molar-refractivity contribution is 5.54. The van der Waals surface area contributed by atoms with E-state index >= 15 is 0 Å². The largest absolute Gasteiger partial charge is 0.369 e. The standard InChI is InChI=1S/C12H20N4/c1-2-16(10-5-3-4-6-10)11-7-8-14-12(9-11)15-13/h7-10H,2-6,13H2,1H3,(H,14,15). The number of nitrogens with zero attached hydrogens (tertiary/aromatic N) is 2. The number of hydrogen-bond donors (Lipinski definition) is 2. The van der Waals surface area contributed by atoms with Gasteiger partial charge in [0.1, 0.15) is 5.82 Å². The number of nitrogens with two attached hydrogens (primary N) is 1. The number of nitrogens with one attached hydrogen (secondary N) is 1. The van der Waals surface area contributed by atoms with Crippen molar-refractivity contribution in [2.45, 2.75) is 38.6 Å². The van der Waals surface area contributed by atoms with Crippen molar-refractivity contribution < 1.29 is 0 Å². The lowest BCUT2D eigenvalue weighted by atomic mass is 10.2. The molecule has 88 valence electrons. The fourth-order valence-electron chi connectivity index (χ4n) is 2.54. The summed E-state index contributed by atoms with van der Waals surface area (Å²) in [6.45, 7) is 3.24. The van der Waals surface area contributed by atoms with Crippen LogP contribution in [0.1, 0.15) is 32.6 Å². The minimum Gasteiger partial charge on any atom is -0.369 e. The van der Waals surface area contributed by atoms with Crippen LogP contribution in [0, 0.1) is 0 Å². The first kappa shape index (κ1) is 11.2. The second-order valence-electron chi connectivity index (χ2n) is 4.27. The van der Waals surface area contributed by atoms with E-state index < -0.39 is 0 Å². The lowest BCUT2D eigenvalue weighted by Gasteiger charge is -2.30. The number of anilines is 2. The minimum absolute atomic E-state index is 0.693. The third-order valence-electron chi connectivity index (χ3n) is 3.33. The Morgan fingerprint density at radius 3 is 2.88 bits per heavy atom. The second kappa shape index (κ2) is 5.16. The van der Waals surface area contributed by atoms with Crippen molar-refractivity contribution in [1.82, 2.24) is 4.98 Å². The molecule has 0 atom stereocenters. The summed E-state index contributed by atoms with van der Waals surface area (Å²) in [5.74, 6) is 6.11. The molecule has 1 heterocycles. The van der Waals surface area contributed by atoms with Crippen molar-refractivity contribution in [2.75, 3.05) is 16.9 Å². The smallest absolute Gasteiger partial charge is 0.141 e. The Labute approximate surface area is 96.8 Å². The fourth-order valence-corrected chi connectivity index (χ4v) is 2.54. The lowest BCUT2D eigenvalue weighted by molar-refractivity contribution is 0.620. The van der Waals surface area contributed by atoms with Crippen molar-refractivity contribution in [3.8, 4) is 0 Å². The van der Waals surface area contributed by atoms with Gasteiger partial charge in [-0.15, -0.1) is 0 Å². The van der Waals surface area contributed by atoms with Gasteiger partial charge in [0.05, 0.1) is 0 Å². The summed E-state index contributed by atoms with van der Waals surface area (Å²) in [7, 11) is 0. The number of rotatable bonds is 4. The first-order valence-electron chi connectivity index (χ1n) is 6.04. The lowest BCUT2D eigenvalue weighted by Crippen LogP contribution is -2.33. The number of aromatic nitrogens is 1. The van der Waals surface area contributed by atoms with Gasteiger partial charge < -0.3 is 10.3 Å². The molecule has 4 nitrogen and oxygen atoms in total. The predicted molar refractivity (Wildman–Crippen MR) is 67.3 cm³/mol. The Balaban J connectivity index is 2.18. The maximum atomic E-state index is 5.38. The highest BCUT2D eigenvalue weighted by atomic mass is 15.3. The van der Waals surface area contributed by atoms with Gasteiger partial charge in [-0.3, -0.25) is 0 Å². The van der Waals surface area contributed by atoms with Gasteiger partial charge in [-0.2, -0.15) is 0 Å². The molecule has 0 saturated heterocycles. The maximum absolute atomic E-state index is 5.38. The molecule has 1 fully saturated rings. The molecule has 1 aliphatic rings. The van der Waals surface area contributed by atoms with Crippen LogP contribution >= 0.6 is 0 Å². The van der Waals surface area contributed by atoms with Gasteiger partial charge >= 0.3 is 0 Å². The van der Waals surface area contributed by atoms with Crippen LogP contribution in [0.25, 0.3) is 0 Å². The number of hydrogen-bond acceptors (Lipinski definition) is 4. The Morgan fingerprint density at radius 1 is 1.50 bits per heavy atom. The van der Waals surface area contributed by atoms with E-state index in [0.717, 1.165) is 12.4 Å². The van der Waals surface area contributed by atoms with E-state index in [4.69, 9.17) is 5.84 Å². The third kappa shape index (κ3) is 2.27. The summed E-state index contributed by atoms with van der Waals surface area (Å²) in [5.41, 5.74) is 3.82. The van der Waals surface area contributed by atoms with Crippen LogP contribution in [-0.4, -0.2) is 17.6 Å². The van der Waals surface area contributed by atoms with Crippen molar-refractivity contribution >= 4 is 11.5 Å². The zero-order valence-electron chi connectivity index (χ0n) is 9.82. The monoisotopic (exact) mass is 220 g/mol. The van der Waals surface area contributed by atoms with Gasteiger partial charge in [0.15, 0.2) is 0 Å². The van der Waals surface area contributed by atoms with Crippen LogP contribution in [0.2, 0.25) is 0 Å². The molecule has 4 heteroatoms. The molecule has 2 rings (SSSR count). The van der Waals surface area contributed by atoms with Crippen LogP contribution in [-0.2, 0) is 0 Å². The number of pyridine rings is 1. The molecule has 1 aliphatic carbocycles. The van der Waals surface area contributed by atoms with E-state index in [1.165, 1.54) is 31.4 Å². The molecular formula is C12H20N4. The van der Waals surface area contributed by atoms with Crippen molar-refractivity contribution in [3.05, 3.63) is 18.3 Å². The molecule has 16 heavy (non-hydrogen) atoms. The highest BCUT2D eigenvalue weighted by Crippen LogP contribution is 2.28. The SMILES string of the molecule is CCN(c1ccnc(NN)c1)C1CCCC1. The molecule has 0 amide bonds. The fraction of sp³-hybridized carbons (Fsp3) is 0.583. The molecule has 0 unspecified atom stereocenters. The molecule has 1 aromatic rings. The van der Waals surface area contributed by atoms with E-state index in [1.54, 1.807) is 0 Å². The van der Waals surface area contributed by atoms with Gasteiger partial charge in [-0.25, -0.2) is 10.8 Å². The average molecular weight is 220 g/mol. The molecular weight excluding hydrogens is 200 g/mol. The first-order valence-corrected chi connectivity index (χ1v) is 6.04. The summed E-state index contributed by atoms with van der Waals surface area (Å²) in [5, 5.41) is 0. The van der Waals surface area contributed by atoms with Gasteiger partial charge in [0.25, 0.3) is 0 Å². The number of nitrogen functional groups attached to an aromatic ring is 1. The summed E-state index contributed by atoms with van der Waals surface area (Å²) in [6.07, 6.45) is 7.13. The molecule has 0 radical (unpaired) electrons. The molecule has 3 N–H and O–H groups in total. The van der Waals surface area contributed by atoms with Gasteiger partial charge in [0.2, 0.25) is 0 Å². The Hall–Kier alpha value is -1.29. The quantitative estimate of drug-likeness (QED) is 0.603. The summed E-state index contributed by atoms with van der Waals surface area (Å²) < 4.78 is 0. The van der Waals surface area contributed by atoms with Crippen LogP contribution in [0.3, 0.4) is 0 Å². The van der Waals surface area contributed by atoms with Crippen LogP contribution in [0.15, 0.2) is 18.3 Å². The van der Waals surface area contributed by atoms with Crippen molar-refractivity contribution in [2.24, 2.45) is 5.84 Å². The van der Waals surface area contributed by atoms with Crippen molar-refractivity contribution in [3.63, 3.8) is 0 Å². The molecule has 0 spiro atoms. The Morgan fingerprint density at radius 2 is 2.25 bits per heavy atom. The Bertz CT molecular complexity index is 334. The zero-order valence-corrected chi connectivity index (χ0v) is 9.82. The van der Waals surface area contributed by atoms with E-state index in [2.05, 4.69) is 28.3 Å². The normalized spacial score (nSPS) is 16.4. The van der Waals surface area contributed by atoms with Crippen molar-refractivity contribution in [1.29, 1.82) is 0 Å². The minimum atomic E-state index is 0.693. The molecule has 0 aromatic carbocycles. The highest BCUT2D eigenvalue weighted by Gasteiger charge is 2.21. The number of hydrazine groups is 1. The van der Waals surface area contributed by atoms with E-state index in [-0.39, 0.29) is 0 Å². The van der Waals surface area contributed by atoms with Crippen LogP contribution in [0.4, 0.5) is 11.5 Å². The van der Waals surface area contributed by atoms with Crippen LogP contribution in [0.5, 0.6) is 0 Å². The van der Waals surface area contributed by atoms with Gasteiger partial charge in [-0.1, -0.05) is 12.8 Å². The summed E-state index contributed by atoms with van der Waals surface area (Å²) in [6, 6.07) is 4.77. The predicted octanol–water partition coefficient (Wildman–Crippen LogP) is 2.14. The third-order valence-corrected chi connectivity index (χ3v) is 3.33. The van der Waals surface area contributed by atoms with E-state index in [9.17, 15) is 0 Å². The second-order valence-corrected chi connectivity index (χ2v) is 4.27. The first-order chi connectivity index (χ1) is 7.85. The average Bonchev–Trinajstić information content (AvgIpc) is 2.84. The maximum Gasteiger partial charge on any atom is 0.141 e.